The van der Waals surface area contributed by atoms with Crippen LogP contribution in [-0.4, -0.2) is 43.8 Å². The molecular formula is C33H37ClF3N3O4S. The molecule has 1 aliphatic rings. The molecule has 0 aromatic heterocycles. The predicted octanol–water partition coefficient (Wildman–Crippen LogP) is 7.12. The molecule has 1 fully saturated rings. The number of sulfonamides is 1. The Kier molecular flexibility index (Phi) is 11.2. The number of benzene rings is 3. The van der Waals surface area contributed by atoms with Gasteiger partial charge in [0.25, 0.3) is 10.0 Å². The molecule has 1 aliphatic carbocycles. The highest BCUT2D eigenvalue weighted by atomic mass is 35.5. The molecule has 3 aromatic rings. The number of nitrogens with zero attached hydrogens (tertiary/aromatic N) is 2. The first-order valence-electron chi connectivity index (χ1n) is 14.9. The molecule has 242 valence electrons. The average molecular weight is 664 g/mol. The molecule has 0 heterocycles. The number of carbonyl (C=O) groups excluding carboxylic acids is 2. The summed E-state index contributed by atoms with van der Waals surface area (Å²) in [5.74, 6) is -1.10. The van der Waals surface area contributed by atoms with E-state index in [0.29, 0.717) is 10.4 Å². The molecule has 1 atom stereocenters. The van der Waals surface area contributed by atoms with Crippen LogP contribution in [-0.2, 0) is 32.3 Å². The van der Waals surface area contributed by atoms with Gasteiger partial charge < -0.3 is 10.2 Å². The lowest BCUT2D eigenvalue weighted by Crippen LogP contribution is -2.54. The first-order chi connectivity index (χ1) is 21.3. The van der Waals surface area contributed by atoms with Crippen molar-refractivity contribution in [1.82, 2.24) is 10.2 Å². The molecule has 1 N–H and O–H groups in total. The SMILES string of the molecule is CC[C@@H](C(=O)NC1CCCCC1)N(Cc1ccccc1C)C(=O)CN(c1ccc(Cl)c(C(F)(F)F)c1)S(=O)(=O)c1ccccc1. The lowest BCUT2D eigenvalue weighted by atomic mass is 9.95. The molecule has 0 radical (unpaired) electrons. The van der Waals surface area contributed by atoms with Crippen LogP contribution in [0.2, 0.25) is 5.02 Å². The normalized spacial score (nSPS) is 14.9. The Labute approximate surface area is 267 Å². The number of halogens is 4. The Bertz CT molecular complexity index is 1600. The van der Waals surface area contributed by atoms with E-state index in [9.17, 15) is 31.2 Å². The first-order valence-corrected chi connectivity index (χ1v) is 16.7. The third kappa shape index (κ3) is 8.38. The van der Waals surface area contributed by atoms with Crippen LogP contribution >= 0.6 is 11.6 Å². The van der Waals surface area contributed by atoms with Crippen molar-refractivity contribution in [2.45, 2.75) is 82.1 Å². The number of alkyl halides is 3. The number of carbonyl (C=O) groups is 2. The van der Waals surface area contributed by atoms with E-state index < -0.39 is 45.3 Å². The number of hydrogen-bond donors (Lipinski definition) is 1. The number of aryl methyl sites for hydroxylation is 1. The zero-order valence-electron chi connectivity index (χ0n) is 25.2. The molecule has 1 saturated carbocycles. The minimum Gasteiger partial charge on any atom is -0.352 e. The quantitative estimate of drug-likeness (QED) is 0.237. The Hall–Kier alpha value is -3.57. The zero-order chi connectivity index (χ0) is 32.8. The van der Waals surface area contributed by atoms with Crippen molar-refractivity contribution in [1.29, 1.82) is 0 Å². The van der Waals surface area contributed by atoms with Gasteiger partial charge in [-0.3, -0.25) is 13.9 Å². The Morgan fingerprint density at radius 3 is 2.24 bits per heavy atom. The second-order valence-electron chi connectivity index (χ2n) is 11.2. The van der Waals surface area contributed by atoms with Crippen LogP contribution in [0.25, 0.3) is 0 Å². The number of anilines is 1. The van der Waals surface area contributed by atoms with E-state index in [4.69, 9.17) is 11.6 Å². The van der Waals surface area contributed by atoms with Gasteiger partial charge in [-0.05, 0) is 67.6 Å². The van der Waals surface area contributed by atoms with Crippen molar-refractivity contribution in [3.8, 4) is 0 Å². The maximum absolute atomic E-state index is 14.3. The third-order valence-corrected chi connectivity index (χ3v) is 10.2. The van der Waals surface area contributed by atoms with Gasteiger partial charge in [0.05, 0.1) is 21.2 Å². The largest absolute Gasteiger partial charge is 0.417 e. The van der Waals surface area contributed by atoms with E-state index in [1.54, 1.807) is 19.1 Å². The molecule has 12 heteroatoms. The van der Waals surface area contributed by atoms with Gasteiger partial charge in [-0.2, -0.15) is 13.2 Å². The highest BCUT2D eigenvalue weighted by Gasteiger charge is 2.37. The molecule has 7 nitrogen and oxygen atoms in total. The summed E-state index contributed by atoms with van der Waals surface area (Å²) in [6.07, 6.45) is 0.0848. The molecule has 3 aromatic carbocycles. The minimum absolute atomic E-state index is 0.00422. The summed E-state index contributed by atoms with van der Waals surface area (Å²) in [6.45, 7) is 2.76. The number of rotatable bonds is 11. The summed E-state index contributed by atoms with van der Waals surface area (Å²) in [5.41, 5.74) is -0.0193. The zero-order valence-corrected chi connectivity index (χ0v) is 26.8. The fraction of sp³-hybridized carbons (Fsp3) is 0.394. The number of amides is 2. The lowest BCUT2D eigenvalue weighted by molar-refractivity contribution is -0.140. The van der Waals surface area contributed by atoms with Crippen molar-refractivity contribution in [2.24, 2.45) is 0 Å². The van der Waals surface area contributed by atoms with Gasteiger partial charge in [0, 0.05) is 12.6 Å². The lowest BCUT2D eigenvalue weighted by Gasteiger charge is -2.35. The monoisotopic (exact) mass is 663 g/mol. The maximum Gasteiger partial charge on any atom is 0.417 e. The fourth-order valence-electron chi connectivity index (χ4n) is 5.57. The van der Waals surface area contributed by atoms with Gasteiger partial charge in [-0.15, -0.1) is 0 Å². The summed E-state index contributed by atoms with van der Waals surface area (Å²) in [4.78, 5) is 29.0. The Morgan fingerprint density at radius 1 is 0.978 bits per heavy atom. The van der Waals surface area contributed by atoms with Crippen molar-refractivity contribution in [3.05, 3.63) is 94.5 Å². The molecule has 0 saturated heterocycles. The Balaban J connectivity index is 1.77. The maximum atomic E-state index is 14.3. The van der Waals surface area contributed by atoms with Crippen LogP contribution < -0.4 is 9.62 Å². The summed E-state index contributed by atoms with van der Waals surface area (Å²) in [7, 11) is -4.54. The Morgan fingerprint density at radius 2 is 1.62 bits per heavy atom. The topological polar surface area (TPSA) is 86.8 Å². The molecule has 0 spiro atoms. The van der Waals surface area contributed by atoms with E-state index in [-0.39, 0.29) is 35.5 Å². The first kappa shape index (κ1) is 34.3. The average Bonchev–Trinajstić information content (AvgIpc) is 3.01. The smallest absolute Gasteiger partial charge is 0.352 e. The van der Waals surface area contributed by atoms with Gasteiger partial charge in [0.15, 0.2) is 0 Å². The van der Waals surface area contributed by atoms with Crippen LogP contribution in [0, 0.1) is 6.92 Å². The van der Waals surface area contributed by atoms with Crippen molar-refractivity contribution < 1.29 is 31.2 Å². The van der Waals surface area contributed by atoms with E-state index in [0.717, 1.165) is 55.4 Å². The molecule has 0 unspecified atom stereocenters. The van der Waals surface area contributed by atoms with E-state index >= 15 is 0 Å². The van der Waals surface area contributed by atoms with Crippen molar-refractivity contribution >= 4 is 39.1 Å². The van der Waals surface area contributed by atoms with Crippen LogP contribution in [0.15, 0.2) is 77.7 Å². The molecule has 45 heavy (non-hydrogen) atoms. The van der Waals surface area contributed by atoms with E-state index in [2.05, 4.69) is 5.32 Å². The number of hydrogen-bond acceptors (Lipinski definition) is 4. The highest BCUT2D eigenvalue weighted by molar-refractivity contribution is 7.92. The van der Waals surface area contributed by atoms with E-state index in [1.165, 1.54) is 29.2 Å². The molecule has 2 amide bonds. The van der Waals surface area contributed by atoms with Gasteiger partial charge in [-0.1, -0.05) is 80.3 Å². The molecule has 0 bridgehead atoms. The van der Waals surface area contributed by atoms with Crippen LogP contribution in [0.3, 0.4) is 0 Å². The summed E-state index contributed by atoms with van der Waals surface area (Å²) in [6, 6.07) is 16.2. The third-order valence-electron chi connectivity index (χ3n) is 8.09. The predicted molar refractivity (Wildman–Crippen MR) is 168 cm³/mol. The standard InChI is InChI=1S/C33H37ClF3N3O4S/c1-3-30(32(42)38-25-14-6-4-7-15-25)39(21-24-13-11-10-12-23(24)2)31(41)22-40(45(43,44)27-16-8-5-9-17-27)26-18-19-29(34)28(20-26)33(35,36)37/h5,8-13,16-20,25,30H,3-4,6-7,14-15,21-22H2,1-2H3,(H,38,42)/t30-/m0/s1. The highest BCUT2D eigenvalue weighted by Crippen LogP contribution is 2.38. The van der Waals surface area contributed by atoms with Gasteiger partial charge >= 0.3 is 6.18 Å². The van der Waals surface area contributed by atoms with Gasteiger partial charge in [0.1, 0.15) is 12.6 Å². The minimum atomic E-state index is -4.87. The second kappa shape index (κ2) is 14.7. The summed E-state index contributed by atoms with van der Waals surface area (Å²) < 4.78 is 70.1. The molecule has 4 rings (SSSR count). The molecular weight excluding hydrogens is 627 g/mol. The summed E-state index contributed by atoms with van der Waals surface area (Å²) >= 11 is 5.85. The van der Waals surface area contributed by atoms with Crippen LogP contribution in [0.1, 0.15) is 62.1 Å². The summed E-state index contributed by atoms with van der Waals surface area (Å²) in [5, 5.41) is 2.46. The van der Waals surface area contributed by atoms with E-state index in [1.807, 2.05) is 25.1 Å². The van der Waals surface area contributed by atoms with Gasteiger partial charge in [-0.25, -0.2) is 8.42 Å². The molecule has 0 aliphatic heterocycles. The van der Waals surface area contributed by atoms with Crippen molar-refractivity contribution in [3.63, 3.8) is 0 Å². The van der Waals surface area contributed by atoms with Crippen molar-refractivity contribution in [2.75, 3.05) is 10.8 Å². The number of nitrogens with one attached hydrogen (secondary N) is 1. The second-order valence-corrected chi connectivity index (χ2v) is 13.5. The van der Waals surface area contributed by atoms with Crippen LogP contribution in [0.5, 0.6) is 0 Å². The fourth-order valence-corrected chi connectivity index (χ4v) is 7.22. The van der Waals surface area contributed by atoms with Crippen LogP contribution in [0.4, 0.5) is 18.9 Å². The van der Waals surface area contributed by atoms with Gasteiger partial charge in [0.2, 0.25) is 11.8 Å².